The van der Waals surface area contributed by atoms with Gasteiger partial charge in [0.1, 0.15) is 12.4 Å². The molecule has 1 atom stereocenters. The van der Waals surface area contributed by atoms with Gasteiger partial charge in [0.2, 0.25) is 0 Å². The number of nitrogens with zero attached hydrogens (tertiary/aromatic N) is 7. The maximum absolute atomic E-state index is 13.5. The first kappa shape index (κ1) is 32.0. The summed E-state index contributed by atoms with van der Waals surface area (Å²) in [5.41, 5.74) is 3.16. The number of carbonyl (C=O) groups is 1. The first-order valence-electron chi connectivity index (χ1n) is 16.3. The number of amides is 1. The molecule has 0 N–H and O–H groups in total. The molecule has 1 aromatic heterocycles. The molecule has 1 aliphatic carbocycles. The molecule has 0 spiro atoms. The normalized spacial score (nSPS) is 20.0. The maximum Gasteiger partial charge on any atom is 0.318 e. The molecule has 11 heteroatoms. The Hall–Kier alpha value is -3.94. The Kier molecular flexibility index (Phi) is 9.90. The van der Waals surface area contributed by atoms with Gasteiger partial charge in [-0.2, -0.15) is 15.2 Å². The van der Waals surface area contributed by atoms with E-state index in [-0.39, 0.29) is 0 Å². The molecular weight excluding hydrogens is 605 g/mol. The predicted molar refractivity (Wildman–Crippen MR) is 179 cm³/mol. The molecule has 242 valence electrons. The number of anilines is 2. The lowest BCUT2D eigenvalue weighted by Crippen LogP contribution is -2.55. The monoisotopic (exact) mass is 645 g/mol. The second kappa shape index (κ2) is 14.2. The zero-order chi connectivity index (χ0) is 32.2. The van der Waals surface area contributed by atoms with Gasteiger partial charge >= 0.3 is 6.01 Å². The lowest BCUT2D eigenvalue weighted by molar-refractivity contribution is -0.128. The Labute approximate surface area is 275 Å². The van der Waals surface area contributed by atoms with Crippen molar-refractivity contribution in [2.45, 2.75) is 64.1 Å². The molecule has 3 fully saturated rings. The fourth-order valence-corrected chi connectivity index (χ4v) is 7.56. The van der Waals surface area contributed by atoms with Gasteiger partial charge in [0, 0.05) is 74.9 Å². The van der Waals surface area contributed by atoms with Crippen molar-refractivity contribution in [1.82, 2.24) is 19.8 Å². The molecule has 0 bridgehead atoms. The standard InChI is InChI=1S/C33H38ClFN6O2.C2H3N/c1-22(35)32(42)39-18-16-38(17-19-39)31-26-13-14-40(29-11-5-7-23-6-4-10-27(34)30(23)29)20-28(26)36-33(37-31)43-21-25-12-15-41(25)24-8-2-3-9-24;1-2-3/h4-7,10-11,24-25H,1-3,8-9,12-21H2;1H3. The van der Waals surface area contributed by atoms with Crippen LogP contribution in [0.25, 0.3) is 10.8 Å². The van der Waals surface area contributed by atoms with Crippen LogP contribution in [0, 0.1) is 11.3 Å². The average molecular weight is 646 g/mol. The van der Waals surface area contributed by atoms with Gasteiger partial charge in [-0.25, -0.2) is 4.39 Å². The molecule has 7 rings (SSSR count). The summed E-state index contributed by atoms with van der Waals surface area (Å²) in [5.74, 6) is -0.687. The van der Waals surface area contributed by atoms with Crippen LogP contribution in [0.4, 0.5) is 15.9 Å². The number of rotatable bonds is 7. The van der Waals surface area contributed by atoms with E-state index in [1.807, 2.05) is 12.1 Å². The van der Waals surface area contributed by atoms with Crippen molar-refractivity contribution in [3.63, 3.8) is 0 Å². The van der Waals surface area contributed by atoms with E-state index in [0.29, 0.717) is 57.4 Å². The quantitative estimate of drug-likeness (QED) is 0.294. The highest BCUT2D eigenvalue weighted by atomic mass is 35.5. The highest BCUT2D eigenvalue weighted by Crippen LogP contribution is 2.37. The molecule has 3 aliphatic heterocycles. The van der Waals surface area contributed by atoms with E-state index in [1.165, 1.54) is 37.5 Å². The van der Waals surface area contributed by atoms with Gasteiger partial charge in [-0.3, -0.25) is 9.69 Å². The van der Waals surface area contributed by atoms with Gasteiger partial charge in [-0.1, -0.05) is 55.3 Å². The number of halogens is 2. The Morgan fingerprint density at radius 1 is 1.04 bits per heavy atom. The van der Waals surface area contributed by atoms with E-state index >= 15 is 0 Å². The van der Waals surface area contributed by atoms with Gasteiger partial charge in [0.15, 0.2) is 5.83 Å². The first-order chi connectivity index (χ1) is 22.4. The Morgan fingerprint density at radius 2 is 1.76 bits per heavy atom. The van der Waals surface area contributed by atoms with E-state index in [1.54, 1.807) is 6.07 Å². The molecule has 3 aromatic rings. The van der Waals surface area contributed by atoms with E-state index in [9.17, 15) is 9.18 Å². The third kappa shape index (κ3) is 6.62. The number of ether oxygens (including phenoxy) is 1. The Balaban J connectivity index is 0.00000119. The maximum atomic E-state index is 13.5. The number of likely N-dealkylation sites (tertiary alicyclic amines) is 1. The molecule has 4 aliphatic rings. The lowest BCUT2D eigenvalue weighted by atomic mass is 9.99. The highest BCUT2D eigenvalue weighted by molar-refractivity contribution is 6.36. The number of benzene rings is 2. The van der Waals surface area contributed by atoms with Gasteiger partial charge < -0.3 is 19.4 Å². The van der Waals surface area contributed by atoms with Crippen molar-refractivity contribution in [2.24, 2.45) is 0 Å². The van der Waals surface area contributed by atoms with Crippen molar-refractivity contribution in [2.75, 3.05) is 55.7 Å². The smallest absolute Gasteiger partial charge is 0.318 e. The van der Waals surface area contributed by atoms with Crippen LogP contribution in [-0.2, 0) is 17.8 Å². The first-order valence-corrected chi connectivity index (χ1v) is 16.7. The Bertz CT molecular complexity index is 1630. The minimum Gasteiger partial charge on any atom is -0.462 e. The molecule has 0 radical (unpaired) electrons. The number of hydrogen-bond donors (Lipinski definition) is 0. The lowest BCUT2D eigenvalue weighted by Gasteiger charge is -2.44. The molecule has 1 saturated carbocycles. The Morgan fingerprint density at radius 3 is 2.43 bits per heavy atom. The van der Waals surface area contributed by atoms with Crippen molar-refractivity contribution in [3.8, 4) is 12.1 Å². The largest absolute Gasteiger partial charge is 0.462 e. The zero-order valence-electron chi connectivity index (χ0n) is 26.4. The van der Waals surface area contributed by atoms with Crippen LogP contribution in [0.2, 0.25) is 5.02 Å². The summed E-state index contributed by atoms with van der Waals surface area (Å²) in [6.45, 7) is 9.70. The van der Waals surface area contributed by atoms with E-state index in [4.69, 9.17) is 31.6 Å². The number of nitriles is 1. The topological polar surface area (TPSA) is 88.8 Å². The minimum absolute atomic E-state index is 0.403. The summed E-state index contributed by atoms with van der Waals surface area (Å²) in [6, 6.07) is 15.5. The third-order valence-electron chi connectivity index (χ3n) is 9.68. The molecule has 2 saturated heterocycles. The summed E-state index contributed by atoms with van der Waals surface area (Å²) in [5, 5.41) is 10.2. The number of fused-ring (bicyclic) bond motifs is 2. The van der Waals surface area contributed by atoms with Crippen molar-refractivity contribution >= 4 is 39.8 Å². The molecular formula is C35H41ClFN7O2. The number of carbonyl (C=O) groups excluding carboxylic acids is 1. The van der Waals surface area contributed by atoms with E-state index < -0.39 is 11.7 Å². The van der Waals surface area contributed by atoms with E-state index in [2.05, 4.69) is 45.5 Å². The van der Waals surface area contributed by atoms with Crippen molar-refractivity contribution < 1.29 is 13.9 Å². The third-order valence-corrected chi connectivity index (χ3v) is 10.00. The van der Waals surface area contributed by atoms with Crippen LogP contribution < -0.4 is 14.5 Å². The fraction of sp³-hybridized carbons (Fsp3) is 0.486. The zero-order valence-corrected chi connectivity index (χ0v) is 27.2. The molecule has 2 aromatic carbocycles. The van der Waals surface area contributed by atoms with Crippen LogP contribution in [-0.4, -0.2) is 83.6 Å². The summed E-state index contributed by atoms with van der Waals surface area (Å²) in [7, 11) is 0. The second-order valence-electron chi connectivity index (χ2n) is 12.4. The molecule has 46 heavy (non-hydrogen) atoms. The van der Waals surface area contributed by atoms with Gasteiger partial charge in [-0.05, 0) is 43.2 Å². The summed E-state index contributed by atoms with van der Waals surface area (Å²) in [4.78, 5) is 30.8. The number of aromatic nitrogens is 2. The van der Waals surface area contributed by atoms with Crippen LogP contribution in [0.5, 0.6) is 6.01 Å². The summed E-state index contributed by atoms with van der Waals surface area (Å²) < 4.78 is 19.9. The van der Waals surface area contributed by atoms with Gasteiger partial charge in [0.05, 0.1) is 23.3 Å². The van der Waals surface area contributed by atoms with Crippen LogP contribution in [0.1, 0.15) is 50.3 Å². The molecule has 1 amide bonds. The summed E-state index contributed by atoms with van der Waals surface area (Å²) in [6.07, 6.45) is 7.12. The second-order valence-corrected chi connectivity index (χ2v) is 12.8. The molecule has 4 heterocycles. The number of piperazine rings is 1. The highest BCUT2D eigenvalue weighted by Gasteiger charge is 2.36. The number of hydrogen-bond acceptors (Lipinski definition) is 8. The molecule has 9 nitrogen and oxygen atoms in total. The van der Waals surface area contributed by atoms with Gasteiger partial charge in [-0.15, -0.1) is 0 Å². The summed E-state index contributed by atoms with van der Waals surface area (Å²) >= 11 is 6.70. The average Bonchev–Trinajstić information content (AvgIpc) is 3.57. The van der Waals surface area contributed by atoms with Crippen molar-refractivity contribution in [3.05, 3.63) is 65.1 Å². The van der Waals surface area contributed by atoms with Crippen LogP contribution in [0.3, 0.4) is 0 Å². The molecule has 1 unspecified atom stereocenters. The predicted octanol–water partition coefficient (Wildman–Crippen LogP) is 5.90. The van der Waals surface area contributed by atoms with Crippen molar-refractivity contribution in [1.29, 1.82) is 5.26 Å². The van der Waals surface area contributed by atoms with Crippen LogP contribution >= 0.6 is 11.6 Å². The fourth-order valence-electron chi connectivity index (χ4n) is 7.28. The van der Waals surface area contributed by atoms with Crippen LogP contribution in [0.15, 0.2) is 48.8 Å². The van der Waals surface area contributed by atoms with E-state index in [0.717, 1.165) is 64.5 Å². The van der Waals surface area contributed by atoms with Gasteiger partial charge in [0.25, 0.3) is 5.91 Å². The minimum atomic E-state index is -0.917. The SMILES string of the molecule is C=C(F)C(=O)N1CCN(c2nc(OCC3CCN3C3CCCC3)nc3c2CCN(c2cccc4cccc(Cl)c24)C3)CC1.CC#N.